The summed E-state index contributed by atoms with van der Waals surface area (Å²) in [7, 11) is 1.94. The minimum Gasteiger partial charge on any atom is -0.329 e. The van der Waals surface area contributed by atoms with Gasteiger partial charge < -0.3 is 4.90 Å². The quantitative estimate of drug-likeness (QED) is 0.568. The summed E-state index contributed by atoms with van der Waals surface area (Å²) in [6.07, 6.45) is 5.09. The average Bonchev–Trinajstić information content (AvgIpc) is 2.61. The van der Waals surface area contributed by atoms with Crippen LogP contribution in [0.25, 0.3) is 17.0 Å². The third kappa shape index (κ3) is 2.72. The molecule has 24 heavy (non-hydrogen) atoms. The van der Waals surface area contributed by atoms with Crippen LogP contribution in [0.3, 0.4) is 0 Å². The van der Waals surface area contributed by atoms with E-state index in [1.54, 1.807) is 0 Å². The van der Waals surface area contributed by atoms with Gasteiger partial charge in [0.2, 0.25) is 5.62 Å². The number of rotatable bonds is 4. The lowest BCUT2D eigenvalue weighted by Gasteiger charge is -2.21. The van der Waals surface area contributed by atoms with Gasteiger partial charge in [-0.1, -0.05) is 36.4 Å². The molecule has 2 N–H and O–H groups in total. The normalized spacial score (nSPS) is 11.1. The van der Waals surface area contributed by atoms with Crippen molar-refractivity contribution in [3.63, 3.8) is 0 Å². The van der Waals surface area contributed by atoms with Crippen LogP contribution in [0.4, 0.5) is 11.5 Å². The maximum absolute atomic E-state index is 8.18. The predicted octanol–water partition coefficient (Wildman–Crippen LogP) is 3.77. The topological polar surface area (TPSA) is 68.8 Å². The van der Waals surface area contributed by atoms with Crippen LogP contribution in [-0.4, -0.2) is 22.9 Å². The molecule has 0 saturated carbocycles. The Morgan fingerprint density at radius 3 is 2.54 bits per heavy atom. The van der Waals surface area contributed by atoms with Gasteiger partial charge in [-0.05, 0) is 36.8 Å². The summed E-state index contributed by atoms with van der Waals surface area (Å²) in [5.41, 5.74) is 2.85. The second kappa shape index (κ2) is 6.50. The number of allylic oxidation sites excluding steroid dienone is 1. The first-order valence-electron chi connectivity index (χ1n) is 7.68. The molecule has 0 aliphatic heterocycles. The lowest BCUT2D eigenvalue weighted by atomic mass is 10.1. The molecule has 3 aromatic rings. The first-order chi connectivity index (χ1) is 11.7. The van der Waals surface area contributed by atoms with Crippen molar-refractivity contribution in [1.29, 1.82) is 10.8 Å². The molecule has 1 aromatic heterocycles. The lowest BCUT2D eigenvalue weighted by Crippen LogP contribution is -2.26. The summed E-state index contributed by atoms with van der Waals surface area (Å²) in [5.74, 6) is 0.700. The monoisotopic (exact) mass is 317 g/mol. The minimum absolute atomic E-state index is 0.0351. The Morgan fingerprint density at radius 2 is 1.88 bits per heavy atom. The smallest absolute Gasteiger partial charge is 0.229 e. The Labute approximate surface area is 140 Å². The van der Waals surface area contributed by atoms with Crippen molar-refractivity contribution in [3.8, 4) is 0 Å². The number of fused-ring (bicyclic) bond motifs is 1. The number of hydrogen-bond acceptors (Lipinski definition) is 4. The first kappa shape index (κ1) is 15.7. The Hall–Kier alpha value is -3.21. The van der Waals surface area contributed by atoms with Gasteiger partial charge in [0.15, 0.2) is 0 Å². The summed E-state index contributed by atoms with van der Waals surface area (Å²) >= 11 is 0. The van der Waals surface area contributed by atoms with E-state index in [4.69, 9.17) is 10.8 Å². The molecule has 3 rings (SSSR count). The second-order valence-corrected chi connectivity index (χ2v) is 5.43. The summed E-state index contributed by atoms with van der Waals surface area (Å²) in [6.45, 7) is 1.96. The largest absolute Gasteiger partial charge is 0.329 e. The number of anilines is 2. The number of para-hydroxylation sites is 1. The summed E-state index contributed by atoms with van der Waals surface area (Å²) in [5, 5.41) is 16.7. The molecule has 1 heterocycles. The van der Waals surface area contributed by atoms with Crippen molar-refractivity contribution >= 4 is 34.8 Å². The number of aromatic nitrogens is 2. The van der Waals surface area contributed by atoms with Gasteiger partial charge in [0.05, 0.1) is 11.9 Å². The summed E-state index contributed by atoms with van der Waals surface area (Å²) < 4.78 is 1.48. The minimum atomic E-state index is 0.0351. The van der Waals surface area contributed by atoms with E-state index in [0.717, 1.165) is 28.5 Å². The van der Waals surface area contributed by atoms with Gasteiger partial charge in [0.25, 0.3) is 0 Å². The van der Waals surface area contributed by atoms with Crippen LogP contribution in [0, 0.1) is 10.8 Å². The highest BCUT2D eigenvalue weighted by Gasteiger charge is 2.13. The molecule has 120 valence electrons. The van der Waals surface area contributed by atoms with Crippen LogP contribution in [-0.2, 0) is 0 Å². The van der Waals surface area contributed by atoms with E-state index in [1.165, 1.54) is 4.57 Å². The molecule has 2 aromatic carbocycles. The van der Waals surface area contributed by atoms with Crippen molar-refractivity contribution in [2.75, 3.05) is 11.9 Å². The second-order valence-electron chi connectivity index (χ2n) is 5.43. The summed E-state index contributed by atoms with van der Waals surface area (Å²) in [4.78, 5) is 6.37. The van der Waals surface area contributed by atoms with Gasteiger partial charge in [-0.3, -0.25) is 15.4 Å². The Balaban J connectivity index is 2.29. The molecule has 0 bridgehead atoms. The highest BCUT2D eigenvalue weighted by Crippen LogP contribution is 2.28. The molecule has 0 saturated heterocycles. The molecule has 5 nitrogen and oxygen atoms in total. The lowest BCUT2D eigenvalue weighted by molar-refractivity contribution is 0.915. The maximum atomic E-state index is 8.18. The zero-order valence-corrected chi connectivity index (χ0v) is 13.7. The maximum Gasteiger partial charge on any atom is 0.229 e. The molecule has 0 radical (unpaired) electrons. The van der Waals surface area contributed by atoms with Crippen molar-refractivity contribution in [2.45, 2.75) is 6.92 Å². The van der Waals surface area contributed by atoms with E-state index in [1.807, 2.05) is 79.6 Å². The van der Waals surface area contributed by atoms with Crippen molar-refractivity contribution in [1.82, 2.24) is 9.55 Å². The zero-order valence-electron chi connectivity index (χ0n) is 13.7. The van der Waals surface area contributed by atoms with Crippen LogP contribution >= 0.6 is 0 Å². The standard InChI is InChI=1S/C19H19N5/c1-3-7-14-10-11-16-17(12-14)24(13-20)19(21)22-18(16)23(2)15-8-5-4-6-9-15/h3-13,20-21H,1-2H3/b7-3+,20-13?,21-19?. The molecular formula is C19H19N5. The van der Waals surface area contributed by atoms with Gasteiger partial charge in [-0.25, -0.2) is 0 Å². The summed E-state index contributed by atoms with van der Waals surface area (Å²) in [6, 6.07) is 15.9. The number of hydrogen-bond donors (Lipinski definition) is 2. The fraction of sp³-hybridized carbons (Fsp3) is 0.105. The van der Waals surface area contributed by atoms with Crippen LogP contribution in [0.1, 0.15) is 12.5 Å². The van der Waals surface area contributed by atoms with Gasteiger partial charge in [-0.2, -0.15) is 4.98 Å². The molecule has 0 aliphatic rings. The Bertz CT molecular complexity index is 970. The van der Waals surface area contributed by atoms with Crippen molar-refractivity contribution < 1.29 is 0 Å². The first-order valence-corrected chi connectivity index (χ1v) is 7.68. The molecule has 0 aliphatic carbocycles. The van der Waals surface area contributed by atoms with E-state index >= 15 is 0 Å². The fourth-order valence-corrected chi connectivity index (χ4v) is 2.72. The molecule has 0 spiro atoms. The average molecular weight is 317 g/mol. The van der Waals surface area contributed by atoms with E-state index in [9.17, 15) is 0 Å². The van der Waals surface area contributed by atoms with Crippen LogP contribution in [0.15, 0.2) is 54.6 Å². The molecule has 5 heteroatoms. The highest BCUT2D eigenvalue weighted by molar-refractivity contribution is 5.95. The molecule has 0 atom stereocenters. The van der Waals surface area contributed by atoms with Crippen LogP contribution < -0.4 is 10.5 Å². The fourth-order valence-electron chi connectivity index (χ4n) is 2.72. The molecular weight excluding hydrogens is 298 g/mol. The van der Waals surface area contributed by atoms with E-state index in [0.29, 0.717) is 5.82 Å². The van der Waals surface area contributed by atoms with Crippen LogP contribution in [0.5, 0.6) is 0 Å². The van der Waals surface area contributed by atoms with Crippen molar-refractivity contribution in [2.24, 2.45) is 0 Å². The van der Waals surface area contributed by atoms with E-state index in [2.05, 4.69) is 4.98 Å². The Morgan fingerprint density at radius 1 is 1.12 bits per heavy atom. The van der Waals surface area contributed by atoms with Crippen LogP contribution in [0.2, 0.25) is 0 Å². The van der Waals surface area contributed by atoms with Crippen molar-refractivity contribution in [3.05, 3.63) is 65.8 Å². The molecule has 0 unspecified atom stereocenters. The Kier molecular flexibility index (Phi) is 4.24. The third-order valence-electron chi connectivity index (χ3n) is 3.91. The van der Waals surface area contributed by atoms with E-state index in [-0.39, 0.29) is 5.62 Å². The zero-order chi connectivity index (χ0) is 17.1. The highest BCUT2D eigenvalue weighted by atomic mass is 15.2. The van der Waals surface area contributed by atoms with Gasteiger partial charge in [0.1, 0.15) is 5.82 Å². The van der Waals surface area contributed by atoms with Gasteiger partial charge in [-0.15, -0.1) is 0 Å². The molecule has 0 amide bonds. The number of nitrogens with one attached hydrogen (secondary N) is 2. The number of nitrogens with zero attached hydrogens (tertiary/aromatic N) is 3. The third-order valence-corrected chi connectivity index (χ3v) is 3.91. The molecule has 0 fully saturated rings. The van der Waals surface area contributed by atoms with Gasteiger partial charge in [0, 0.05) is 18.1 Å². The van der Waals surface area contributed by atoms with E-state index < -0.39 is 0 Å². The van der Waals surface area contributed by atoms with Gasteiger partial charge >= 0.3 is 0 Å². The SMILES string of the molecule is C/C=C/c1ccc2c(N(C)c3ccccc3)nc(=N)n(C=N)c2c1. The predicted molar refractivity (Wildman–Crippen MR) is 99.0 cm³/mol. The number of benzene rings is 2.